The van der Waals surface area contributed by atoms with Crippen molar-refractivity contribution < 1.29 is 9.15 Å². The maximum Gasteiger partial charge on any atom is 0.234 e. The van der Waals surface area contributed by atoms with Crippen LogP contribution in [0.15, 0.2) is 52.9 Å². The van der Waals surface area contributed by atoms with Gasteiger partial charge >= 0.3 is 0 Å². The molecule has 1 aliphatic heterocycles. The Balaban J connectivity index is 1.37. The summed E-state index contributed by atoms with van der Waals surface area (Å²) in [6.45, 7) is 2.44. The van der Waals surface area contributed by atoms with Crippen molar-refractivity contribution >= 4 is 29.1 Å². The monoisotopic (exact) mass is 423 g/mol. The minimum absolute atomic E-state index is 0.414. The second-order valence-corrected chi connectivity index (χ2v) is 7.49. The number of furan rings is 1. The topological polar surface area (TPSA) is 75.5 Å². The lowest BCUT2D eigenvalue weighted by Gasteiger charge is -2.28. The van der Waals surface area contributed by atoms with Crippen LogP contribution in [0, 0.1) is 0 Å². The highest BCUT2D eigenvalue weighted by Gasteiger charge is 2.15. The largest absolute Gasteiger partial charge is 0.481 e. The number of nitrogens with one attached hydrogen (secondary N) is 2. The Kier molecular flexibility index (Phi) is 6.44. The molecule has 0 atom stereocenters. The Morgan fingerprint density at radius 3 is 2.67 bits per heavy atom. The van der Waals surface area contributed by atoms with E-state index in [4.69, 9.17) is 21.4 Å². The van der Waals surface area contributed by atoms with Gasteiger partial charge in [0, 0.05) is 24.7 Å². The summed E-state index contributed by atoms with van der Waals surface area (Å²) in [5.74, 6) is 3.39. The molecule has 7 nitrogen and oxygen atoms in total. The fraction of sp³-hybridized carbons (Fsp3) is 0.318. The van der Waals surface area contributed by atoms with Gasteiger partial charge in [0.25, 0.3) is 0 Å². The molecular weight excluding hydrogens is 398 g/mol. The second-order valence-electron chi connectivity index (χ2n) is 7.08. The first-order valence-electron chi connectivity index (χ1n) is 10.1. The lowest BCUT2D eigenvalue weighted by molar-refractivity contribution is 0.397. The van der Waals surface area contributed by atoms with Crippen LogP contribution in [0.25, 0.3) is 11.3 Å². The van der Waals surface area contributed by atoms with Crippen LogP contribution in [0.1, 0.15) is 25.0 Å². The molecule has 2 N–H and O–H groups in total. The third kappa shape index (κ3) is 5.07. The molecule has 1 aromatic carbocycles. The smallest absolute Gasteiger partial charge is 0.234 e. The van der Waals surface area contributed by atoms with Gasteiger partial charge in [-0.1, -0.05) is 30.3 Å². The first kappa shape index (κ1) is 20.2. The molecule has 0 spiro atoms. The zero-order chi connectivity index (χ0) is 20.8. The summed E-state index contributed by atoms with van der Waals surface area (Å²) >= 11 is 5.42. The van der Waals surface area contributed by atoms with Crippen LogP contribution in [0.5, 0.6) is 5.88 Å². The quantitative estimate of drug-likeness (QED) is 0.571. The molecule has 3 heterocycles. The average molecular weight is 424 g/mol. The van der Waals surface area contributed by atoms with E-state index < -0.39 is 0 Å². The van der Waals surface area contributed by atoms with Crippen LogP contribution in [0.4, 0.5) is 11.8 Å². The van der Waals surface area contributed by atoms with Crippen molar-refractivity contribution in [3.63, 3.8) is 0 Å². The molecule has 1 fully saturated rings. The lowest BCUT2D eigenvalue weighted by Crippen LogP contribution is -2.31. The van der Waals surface area contributed by atoms with Gasteiger partial charge in [0.1, 0.15) is 17.3 Å². The number of piperidine rings is 1. The minimum atomic E-state index is 0.414. The van der Waals surface area contributed by atoms with Gasteiger partial charge in [0.2, 0.25) is 11.8 Å². The highest BCUT2D eigenvalue weighted by molar-refractivity contribution is 7.80. The van der Waals surface area contributed by atoms with E-state index in [-0.39, 0.29) is 0 Å². The van der Waals surface area contributed by atoms with Crippen molar-refractivity contribution in [3.05, 3.63) is 54.3 Å². The zero-order valence-corrected chi connectivity index (χ0v) is 17.7. The molecule has 8 heteroatoms. The molecule has 0 aliphatic carbocycles. The third-order valence-electron chi connectivity index (χ3n) is 4.95. The van der Waals surface area contributed by atoms with Gasteiger partial charge in [-0.25, -0.2) is 0 Å². The second kappa shape index (κ2) is 9.58. The molecule has 156 valence electrons. The summed E-state index contributed by atoms with van der Waals surface area (Å²) < 4.78 is 11.2. The van der Waals surface area contributed by atoms with Crippen LogP contribution in [-0.4, -0.2) is 35.3 Å². The van der Waals surface area contributed by atoms with Crippen LogP contribution >= 0.6 is 12.2 Å². The highest BCUT2D eigenvalue weighted by atomic mass is 32.1. The molecule has 1 saturated heterocycles. The Labute approximate surface area is 181 Å². The van der Waals surface area contributed by atoms with Gasteiger partial charge < -0.3 is 24.7 Å². The van der Waals surface area contributed by atoms with Crippen LogP contribution < -0.4 is 20.3 Å². The standard InChI is InChI=1S/C22H25N5O2S/c1-28-20-14-19(27-12-6-3-7-13-27)24-21(25-20)26-22(30)23-15-17-10-11-18(29-17)16-8-4-2-5-9-16/h2,4-5,8-11,14H,3,6-7,12-13,15H2,1H3,(H2,23,24,25,26,30). The first-order chi connectivity index (χ1) is 14.7. The van der Waals surface area contributed by atoms with E-state index in [2.05, 4.69) is 25.5 Å². The summed E-state index contributed by atoms with van der Waals surface area (Å²) in [5, 5.41) is 6.62. The van der Waals surface area contributed by atoms with Gasteiger partial charge in [0.15, 0.2) is 5.11 Å². The number of hydrogen-bond acceptors (Lipinski definition) is 6. The normalized spacial score (nSPS) is 13.7. The van der Waals surface area contributed by atoms with Gasteiger partial charge in [0.05, 0.1) is 13.7 Å². The fourth-order valence-electron chi connectivity index (χ4n) is 3.40. The van der Waals surface area contributed by atoms with Crippen molar-refractivity contribution in [2.75, 3.05) is 30.4 Å². The lowest BCUT2D eigenvalue weighted by atomic mass is 10.1. The number of ether oxygens (including phenoxy) is 1. The molecular formula is C22H25N5O2S. The number of methoxy groups -OCH3 is 1. The fourth-order valence-corrected chi connectivity index (χ4v) is 3.57. The van der Waals surface area contributed by atoms with E-state index >= 15 is 0 Å². The van der Waals surface area contributed by atoms with Crippen molar-refractivity contribution in [2.45, 2.75) is 25.8 Å². The van der Waals surface area contributed by atoms with Crippen molar-refractivity contribution in [3.8, 4) is 17.2 Å². The van der Waals surface area contributed by atoms with E-state index in [9.17, 15) is 0 Å². The highest BCUT2D eigenvalue weighted by Crippen LogP contribution is 2.23. The number of anilines is 2. The SMILES string of the molecule is COc1cc(N2CCCCC2)nc(NC(=S)NCc2ccc(-c3ccccc3)o2)n1. The van der Waals surface area contributed by atoms with Crippen LogP contribution in [-0.2, 0) is 6.54 Å². The van der Waals surface area contributed by atoms with E-state index in [1.165, 1.54) is 19.3 Å². The molecule has 0 bridgehead atoms. The molecule has 3 aromatic rings. The van der Waals surface area contributed by atoms with Gasteiger partial charge in [-0.3, -0.25) is 0 Å². The molecule has 2 aromatic heterocycles. The van der Waals surface area contributed by atoms with E-state index in [1.807, 2.05) is 48.5 Å². The molecule has 0 amide bonds. The van der Waals surface area contributed by atoms with Crippen LogP contribution in [0.2, 0.25) is 0 Å². The zero-order valence-electron chi connectivity index (χ0n) is 16.9. The number of rotatable bonds is 6. The molecule has 0 radical (unpaired) electrons. The number of hydrogen-bond donors (Lipinski definition) is 2. The van der Waals surface area contributed by atoms with Gasteiger partial charge in [-0.05, 0) is 43.6 Å². The van der Waals surface area contributed by atoms with Crippen molar-refractivity contribution in [1.29, 1.82) is 0 Å². The van der Waals surface area contributed by atoms with Crippen molar-refractivity contribution in [2.24, 2.45) is 0 Å². The molecule has 0 unspecified atom stereocenters. The number of benzene rings is 1. The molecule has 30 heavy (non-hydrogen) atoms. The van der Waals surface area contributed by atoms with E-state index in [1.54, 1.807) is 7.11 Å². The Morgan fingerprint density at radius 1 is 1.10 bits per heavy atom. The summed E-state index contributed by atoms with van der Waals surface area (Å²) in [5.41, 5.74) is 1.04. The maximum atomic E-state index is 5.90. The predicted molar refractivity (Wildman–Crippen MR) is 122 cm³/mol. The van der Waals surface area contributed by atoms with E-state index in [0.717, 1.165) is 36.0 Å². The first-order valence-corrected chi connectivity index (χ1v) is 10.5. The Morgan fingerprint density at radius 2 is 1.90 bits per heavy atom. The molecule has 4 rings (SSSR count). The van der Waals surface area contributed by atoms with Crippen molar-refractivity contribution in [1.82, 2.24) is 15.3 Å². The van der Waals surface area contributed by atoms with Gasteiger partial charge in [-0.15, -0.1) is 0 Å². The summed E-state index contributed by atoms with van der Waals surface area (Å²) in [6.07, 6.45) is 3.60. The summed E-state index contributed by atoms with van der Waals surface area (Å²) in [6, 6.07) is 15.7. The van der Waals surface area contributed by atoms with E-state index in [0.29, 0.717) is 23.5 Å². The Bertz CT molecular complexity index is 986. The number of nitrogens with zero attached hydrogens (tertiary/aromatic N) is 3. The third-order valence-corrected chi connectivity index (χ3v) is 5.19. The minimum Gasteiger partial charge on any atom is -0.481 e. The van der Waals surface area contributed by atoms with Gasteiger partial charge in [-0.2, -0.15) is 9.97 Å². The number of aromatic nitrogens is 2. The predicted octanol–water partition coefficient (Wildman–Crippen LogP) is 4.22. The average Bonchev–Trinajstić information content (AvgIpc) is 3.28. The summed E-state index contributed by atoms with van der Waals surface area (Å²) in [4.78, 5) is 11.2. The van der Waals surface area contributed by atoms with Crippen LogP contribution in [0.3, 0.4) is 0 Å². The molecule has 1 aliphatic rings. The maximum absolute atomic E-state index is 5.90. The number of thiocarbonyl (C=S) groups is 1. The Hall–Kier alpha value is -3.13. The summed E-state index contributed by atoms with van der Waals surface area (Å²) in [7, 11) is 1.60. The molecule has 0 saturated carbocycles.